The van der Waals surface area contributed by atoms with Crippen molar-refractivity contribution in [3.63, 3.8) is 0 Å². The number of benzene rings is 2. The molecule has 0 saturated heterocycles. The number of hydrogen-bond donors (Lipinski definition) is 2. The Morgan fingerprint density at radius 1 is 1.11 bits per heavy atom. The molecule has 4 heteroatoms. The van der Waals surface area contributed by atoms with Crippen molar-refractivity contribution in [1.82, 2.24) is 0 Å². The Kier molecular flexibility index (Phi) is 3.05. The second kappa shape index (κ2) is 4.84. The molecule has 0 amide bonds. The summed E-state index contributed by atoms with van der Waals surface area (Å²) in [4.78, 5) is 0. The van der Waals surface area contributed by atoms with E-state index >= 15 is 0 Å². The van der Waals surface area contributed by atoms with Gasteiger partial charge in [-0.05, 0) is 17.2 Å². The maximum Gasteiger partial charge on any atom is 0.493 e. The highest BCUT2D eigenvalue weighted by molar-refractivity contribution is 6.63. The predicted molar refractivity (Wildman–Crippen MR) is 72.6 cm³/mol. The van der Waals surface area contributed by atoms with Crippen LogP contribution in [0, 0.1) is 0 Å². The maximum absolute atomic E-state index is 9.80. The van der Waals surface area contributed by atoms with Gasteiger partial charge in [0.05, 0.1) is 6.61 Å². The quantitative estimate of drug-likeness (QED) is 0.798. The van der Waals surface area contributed by atoms with Gasteiger partial charge in [-0.3, -0.25) is 0 Å². The topological polar surface area (TPSA) is 41.5 Å². The zero-order valence-electron chi connectivity index (χ0n) is 9.97. The molecule has 0 aromatic heterocycles. The van der Waals surface area contributed by atoms with Gasteiger partial charge in [0.2, 0.25) is 0 Å². The first-order valence-corrected chi connectivity index (χ1v) is 6.04. The van der Waals surface area contributed by atoms with Crippen LogP contribution in [0.4, 0.5) is 5.69 Å². The molecule has 1 heterocycles. The molecule has 3 nitrogen and oxygen atoms in total. The van der Waals surface area contributed by atoms with E-state index in [0.29, 0.717) is 6.61 Å². The van der Waals surface area contributed by atoms with Crippen molar-refractivity contribution in [3.8, 4) is 0 Å². The van der Waals surface area contributed by atoms with Crippen molar-refractivity contribution >= 4 is 18.3 Å². The van der Waals surface area contributed by atoms with E-state index in [-0.39, 0.29) is 0 Å². The van der Waals surface area contributed by atoms with E-state index < -0.39 is 7.12 Å². The van der Waals surface area contributed by atoms with Crippen LogP contribution in [0.5, 0.6) is 0 Å². The smallest absolute Gasteiger partial charge is 0.423 e. The molecule has 3 rings (SSSR count). The van der Waals surface area contributed by atoms with Crippen LogP contribution in [0.1, 0.15) is 11.1 Å². The fourth-order valence-corrected chi connectivity index (χ4v) is 2.23. The third kappa shape index (κ3) is 2.12. The molecule has 90 valence electrons. The molecule has 2 aromatic rings. The predicted octanol–water partition coefficient (Wildman–Crippen LogP) is 1.52. The van der Waals surface area contributed by atoms with Gasteiger partial charge in [0.25, 0.3) is 0 Å². The summed E-state index contributed by atoms with van der Waals surface area (Å²) in [6.45, 7) is 1.22. The molecule has 0 bridgehead atoms. The number of fused-ring (bicyclic) bond motifs is 1. The molecule has 0 saturated carbocycles. The minimum Gasteiger partial charge on any atom is -0.423 e. The lowest BCUT2D eigenvalue weighted by Crippen LogP contribution is -2.30. The molecule has 0 radical (unpaired) electrons. The van der Waals surface area contributed by atoms with E-state index in [4.69, 9.17) is 4.65 Å². The lowest BCUT2D eigenvalue weighted by Gasteiger charge is -2.11. The molecule has 0 atom stereocenters. The SMILES string of the molecule is OB1OCc2cccc(NCc3ccccc3)c21. The molecule has 1 aliphatic heterocycles. The van der Waals surface area contributed by atoms with Gasteiger partial charge in [0.1, 0.15) is 0 Å². The fourth-order valence-electron chi connectivity index (χ4n) is 2.23. The fraction of sp³-hybridized carbons (Fsp3) is 0.143. The average Bonchev–Trinajstić information content (AvgIpc) is 2.80. The number of rotatable bonds is 3. The van der Waals surface area contributed by atoms with Crippen LogP contribution >= 0.6 is 0 Å². The van der Waals surface area contributed by atoms with E-state index in [1.54, 1.807) is 0 Å². The third-order valence-corrected chi connectivity index (χ3v) is 3.17. The Morgan fingerprint density at radius 2 is 1.94 bits per heavy atom. The molecular weight excluding hydrogens is 225 g/mol. The third-order valence-electron chi connectivity index (χ3n) is 3.17. The molecule has 18 heavy (non-hydrogen) atoms. The first-order chi connectivity index (χ1) is 8.84. The van der Waals surface area contributed by atoms with Gasteiger partial charge in [-0.25, -0.2) is 0 Å². The highest BCUT2D eigenvalue weighted by Crippen LogP contribution is 2.16. The molecule has 0 spiro atoms. The first kappa shape index (κ1) is 11.3. The lowest BCUT2D eigenvalue weighted by atomic mass is 9.78. The summed E-state index contributed by atoms with van der Waals surface area (Å²) in [5, 5.41) is 13.1. The van der Waals surface area contributed by atoms with Crippen molar-refractivity contribution in [2.45, 2.75) is 13.2 Å². The van der Waals surface area contributed by atoms with Gasteiger partial charge < -0.3 is 15.0 Å². The Hall–Kier alpha value is -1.78. The van der Waals surface area contributed by atoms with Crippen LogP contribution in [0.3, 0.4) is 0 Å². The monoisotopic (exact) mass is 239 g/mol. The summed E-state index contributed by atoms with van der Waals surface area (Å²) in [6, 6.07) is 16.1. The van der Waals surface area contributed by atoms with Gasteiger partial charge in [-0.15, -0.1) is 0 Å². The molecule has 1 aliphatic rings. The number of nitrogens with one attached hydrogen (secondary N) is 1. The van der Waals surface area contributed by atoms with Gasteiger partial charge in [-0.2, -0.15) is 0 Å². The van der Waals surface area contributed by atoms with E-state index in [1.807, 2.05) is 36.4 Å². The zero-order valence-corrected chi connectivity index (χ0v) is 9.97. The van der Waals surface area contributed by atoms with Crippen molar-refractivity contribution < 1.29 is 9.68 Å². The average molecular weight is 239 g/mol. The van der Waals surface area contributed by atoms with Crippen molar-refractivity contribution in [1.29, 1.82) is 0 Å². The second-order valence-corrected chi connectivity index (χ2v) is 4.38. The van der Waals surface area contributed by atoms with Crippen LogP contribution in [-0.2, 0) is 17.8 Å². The molecule has 2 N–H and O–H groups in total. The maximum atomic E-state index is 9.80. The molecular formula is C14H14BNO2. The Balaban J connectivity index is 1.80. The van der Waals surface area contributed by atoms with E-state index in [2.05, 4.69) is 17.4 Å². The van der Waals surface area contributed by atoms with Gasteiger partial charge >= 0.3 is 7.12 Å². The molecule has 2 aromatic carbocycles. The van der Waals surface area contributed by atoms with Crippen LogP contribution in [0.2, 0.25) is 0 Å². The largest absolute Gasteiger partial charge is 0.493 e. The first-order valence-electron chi connectivity index (χ1n) is 6.04. The summed E-state index contributed by atoms with van der Waals surface area (Å²) in [6.07, 6.45) is 0. The Morgan fingerprint density at radius 3 is 2.78 bits per heavy atom. The van der Waals surface area contributed by atoms with Crippen LogP contribution in [0.15, 0.2) is 48.5 Å². The van der Waals surface area contributed by atoms with Crippen LogP contribution in [-0.4, -0.2) is 12.1 Å². The second-order valence-electron chi connectivity index (χ2n) is 4.38. The van der Waals surface area contributed by atoms with Gasteiger partial charge in [0, 0.05) is 17.7 Å². The Bertz CT molecular complexity index is 545. The highest BCUT2D eigenvalue weighted by atomic mass is 16.5. The summed E-state index contributed by atoms with van der Waals surface area (Å²) in [5.41, 5.74) is 4.08. The normalized spacial score (nSPS) is 13.5. The van der Waals surface area contributed by atoms with Gasteiger partial charge in [-0.1, -0.05) is 42.5 Å². The van der Waals surface area contributed by atoms with Crippen molar-refractivity contribution in [2.24, 2.45) is 0 Å². The van der Waals surface area contributed by atoms with Crippen molar-refractivity contribution in [2.75, 3.05) is 5.32 Å². The Labute approximate surface area is 107 Å². The number of hydrogen-bond acceptors (Lipinski definition) is 3. The van der Waals surface area contributed by atoms with E-state index in [9.17, 15) is 5.02 Å². The number of anilines is 1. The summed E-state index contributed by atoms with van der Waals surface area (Å²) in [5.74, 6) is 0. The standard InChI is InChI=1S/C14H14BNO2/c17-15-14-12(10-18-15)7-4-8-13(14)16-9-11-5-2-1-3-6-11/h1-8,16-17H,9-10H2. The summed E-state index contributed by atoms with van der Waals surface area (Å²) in [7, 11) is -0.806. The highest BCUT2D eigenvalue weighted by Gasteiger charge is 2.29. The zero-order chi connectivity index (χ0) is 12.4. The molecule has 0 aliphatic carbocycles. The summed E-state index contributed by atoms with van der Waals surface area (Å²) < 4.78 is 5.23. The van der Waals surface area contributed by atoms with Gasteiger partial charge in [0.15, 0.2) is 0 Å². The minimum absolute atomic E-state index is 0.483. The minimum atomic E-state index is -0.806. The van der Waals surface area contributed by atoms with Crippen LogP contribution < -0.4 is 10.8 Å². The summed E-state index contributed by atoms with van der Waals surface area (Å²) >= 11 is 0. The van der Waals surface area contributed by atoms with Crippen LogP contribution in [0.25, 0.3) is 0 Å². The van der Waals surface area contributed by atoms with Crippen molar-refractivity contribution in [3.05, 3.63) is 59.7 Å². The molecule has 0 fully saturated rings. The van der Waals surface area contributed by atoms with E-state index in [1.165, 1.54) is 5.56 Å². The van der Waals surface area contributed by atoms with E-state index in [0.717, 1.165) is 23.3 Å². The molecule has 0 unspecified atom stereocenters. The lowest BCUT2D eigenvalue weighted by molar-refractivity contribution is 0.275.